The van der Waals surface area contributed by atoms with Crippen LogP contribution < -0.4 is 0 Å². The molecular formula is C15H22NO2+. The molecule has 0 saturated carbocycles. The summed E-state index contributed by atoms with van der Waals surface area (Å²) in [5.74, 6) is -0.173. The van der Waals surface area contributed by atoms with Crippen molar-refractivity contribution in [2.45, 2.75) is 13.0 Å². The summed E-state index contributed by atoms with van der Waals surface area (Å²) in [6.45, 7) is 2.67. The summed E-state index contributed by atoms with van der Waals surface area (Å²) in [5.41, 5.74) is 1.17. The van der Waals surface area contributed by atoms with Crippen LogP contribution in [-0.2, 0) is 9.53 Å². The Hall–Kier alpha value is -1.61. The summed E-state index contributed by atoms with van der Waals surface area (Å²) in [7, 11) is 5.48. The third-order valence-electron chi connectivity index (χ3n) is 3.28. The van der Waals surface area contributed by atoms with Crippen LogP contribution >= 0.6 is 0 Å². The highest BCUT2D eigenvalue weighted by molar-refractivity contribution is 5.73. The van der Waals surface area contributed by atoms with Crippen LogP contribution in [-0.4, -0.2) is 44.2 Å². The van der Waals surface area contributed by atoms with E-state index in [0.29, 0.717) is 4.48 Å². The lowest BCUT2D eigenvalue weighted by Crippen LogP contribution is -2.51. The van der Waals surface area contributed by atoms with Crippen LogP contribution in [0, 0.1) is 0 Å². The van der Waals surface area contributed by atoms with Gasteiger partial charge in [0, 0.05) is 0 Å². The van der Waals surface area contributed by atoms with Gasteiger partial charge in [-0.1, -0.05) is 36.4 Å². The van der Waals surface area contributed by atoms with Crippen molar-refractivity contribution in [3.05, 3.63) is 42.0 Å². The minimum Gasteiger partial charge on any atom is -0.465 e. The van der Waals surface area contributed by atoms with Crippen molar-refractivity contribution >= 4 is 12.0 Å². The maximum Gasteiger partial charge on any atom is 0.364 e. The van der Waals surface area contributed by atoms with E-state index >= 15 is 0 Å². The number of rotatable bonds is 5. The number of quaternary nitrogens is 1. The zero-order valence-corrected chi connectivity index (χ0v) is 11.6. The van der Waals surface area contributed by atoms with Gasteiger partial charge in [-0.15, -0.1) is 0 Å². The molecule has 1 aromatic rings. The van der Waals surface area contributed by atoms with Crippen molar-refractivity contribution in [1.29, 1.82) is 0 Å². The fourth-order valence-electron chi connectivity index (χ4n) is 1.64. The van der Waals surface area contributed by atoms with Crippen LogP contribution in [0.1, 0.15) is 12.5 Å². The number of carbonyl (C=O) groups is 1. The fraction of sp³-hybridized carbons (Fsp3) is 0.400. The number of methoxy groups -OCH3 is 1. The minimum absolute atomic E-state index is 0.171. The SMILES string of the molecule is COC(=O)C(C)[N+](C)(C)C/C=C/c1ccccc1. The Balaban J connectivity index is 2.61. The number of nitrogens with zero attached hydrogens (tertiary/aromatic N) is 1. The number of ether oxygens (including phenoxy) is 1. The van der Waals surface area contributed by atoms with E-state index in [1.807, 2.05) is 39.2 Å². The van der Waals surface area contributed by atoms with Crippen LogP contribution in [0.25, 0.3) is 6.08 Å². The van der Waals surface area contributed by atoms with E-state index in [2.05, 4.69) is 24.3 Å². The number of carbonyl (C=O) groups excluding carboxylic acids is 1. The first-order valence-electron chi connectivity index (χ1n) is 6.09. The lowest BCUT2D eigenvalue weighted by molar-refractivity contribution is -0.899. The third-order valence-corrected chi connectivity index (χ3v) is 3.28. The quantitative estimate of drug-likeness (QED) is 0.590. The summed E-state index contributed by atoms with van der Waals surface area (Å²) in [5, 5.41) is 0. The molecule has 0 aliphatic carbocycles. The van der Waals surface area contributed by atoms with Crippen molar-refractivity contribution in [2.24, 2.45) is 0 Å². The normalized spacial score (nSPS) is 13.6. The number of esters is 1. The molecule has 98 valence electrons. The molecule has 0 radical (unpaired) electrons. The highest BCUT2D eigenvalue weighted by atomic mass is 16.5. The van der Waals surface area contributed by atoms with Crippen LogP contribution in [0.4, 0.5) is 0 Å². The van der Waals surface area contributed by atoms with Gasteiger partial charge in [-0.2, -0.15) is 0 Å². The molecule has 1 rings (SSSR count). The summed E-state index contributed by atoms with van der Waals surface area (Å²) in [6, 6.07) is 9.96. The van der Waals surface area contributed by atoms with Gasteiger partial charge in [0.15, 0.2) is 6.04 Å². The molecule has 0 spiro atoms. The molecule has 3 heteroatoms. The van der Waals surface area contributed by atoms with E-state index < -0.39 is 0 Å². The highest BCUT2D eigenvalue weighted by Gasteiger charge is 2.30. The summed E-state index contributed by atoms with van der Waals surface area (Å²) in [6.07, 6.45) is 4.17. The maximum absolute atomic E-state index is 11.5. The number of likely N-dealkylation sites (N-methyl/N-ethyl adjacent to an activating group) is 1. The van der Waals surface area contributed by atoms with E-state index in [1.54, 1.807) is 0 Å². The Morgan fingerprint density at radius 3 is 2.50 bits per heavy atom. The number of hydrogen-bond donors (Lipinski definition) is 0. The van der Waals surface area contributed by atoms with Gasteiger partial charge in [-0.05, 0) is 18.6 Å². The standard InChI is InChI=1S/C15H22NO2/c1-13(15(17)18-4)16(2,3)12-8-11-14-9-6-5-7-10-14/h5-11,13H,12H2,1-4H3/q+1/b11-8+. The molecule has 3 nitrogen and oxygen atoms in total. The Kier molecular flexibility index (Phi) is 5.10. The van der Waals surface area contributed by atoms with E-state index in [1.165, 1.54) is 12.7 Å². The first-order chi connectivity index (χ1) is 8.47. The molecule has 18 heavy (non-hydrogen) atoms. The van der Waals surface area contributed by atoms with E-state index in [-0.39, 0.29) is 12.0 Å². The molecule has 0 fully saturated rings. The highest BCUT2D eigenvalue weighted by Crippen LogP contribution is 2.09. The molecule has 1 atom stereocenters. The zero-order valence-electron chi connectivity index (χ0n) is 11.6. The van der Waals surface area contributed by atoms with Crippen molar-refractivity contribution < 1.29 is 14.0 Å². The molecule has 0 aliphatic heterocycles. The molecule has 0 aromatic heterocycles. The first-order valence-corrected chi connectivity index (χ1v) is 6.09. The molecule has 1 unspecified atom stereocenters. The Bertz CT molecular complexity index is 410. The second kappa shape index (κ2) is 6.36. The average Bonchev–Trinajstić information content (AvgIpc) is 2.38. The molecular weight excluding hydrogens is 226 g/mol. The maximum atomic E-state index is 11.5. The van der Waals surface area contributed by atoms with Gasteiger partial charge in [0.05, 0.1) is 27.7 Å². The van der Waals surface area contributed by atoms with Crippen LogP contribution in [0.2, 0.25) is 0 Å². The van der Waals surface area contributed by atoms with Crippen molar-refractivity contribution in [1.82, 2.24) is 0 Å². The van der Waals surface area contributed by atoms with Gasteiger partial charge >= 0.3 is 5.97 Å². The predicted molar refractivity (Wildman–Crippen MR) is 73.9 cm³/mol. The summed E-state index contributed by atoms with van der Waals surface area (Å²) >= 11 is 0. The second-order valence-corrected chi connectivity index (χ2v) is 4.97. The van der Waals surface area contributed by atoms with Crippen LogP contribution in [0.15, 0.2) is 36.4 Å². The van der Waals surface area contributed by atoms with Crippen molar-refractivity contribution in [3.8, 4) is 0 Å². The van der Waals surface area contributed by atoms with Crippen LogP contribution in [0.5, 0.6) is 0 Å². The van der Waals surface area contributed by atoms with E-state index in [4.69, 9.17) is 4.74 Å². The Morgan fingerprint density at radius 1 is 1.33 bits per heavy atom. The van der Waals surface area contributed by atoms with Gasteiger partial charge in [0.1, 0.15) is 0 Å². The molecule has 0 heterocycles. The Labute approximate surface area is 109 Å². The number of hydrogen-bond acceptors (Lipinski definition) is 2. The van der Waals surface area contributed by atoms with Crippen LogP contribution in [0.3, 0.4) is 0 Å². The molecule has 0 saturated heterocycles. The van der Waals surface area contributed by atoms with Gasteiger partial charge < -0.3 is 9.22 Å². The smallest absolute Gasteiger partial charge is 0.364 e. The third kappa shape index (κ3) is 4.00. The molecule has 0 amide bonds. The summed E-state index contributed by atoms with van der Waals surface area (Å²) in [4.78, 5) is 11.5. The largest absolute Gasteiger partial charge is 0.465 e. The molecule has 0 N–H and O–H groups in total. The lowest BCUT2D eigenvalue weighted by Gasteiger charge is -2.33. The van der Waals surface area contributed by atoms with E-state index in [0.717, 1.165) is 6.54 Å². The minimum atomic E-state index is -0.173. The molecule has 1 aromatic carbocycles. The monoisotopic (exact) mass is 248 g/mol. The van der Waals surface area contributed by atoms with Gasteiger partial charge in [0.2, 0.25) is 0 Å². The first kappa shape index (κ1) is 14.5. The van der Waals surface area contributed by atoms with Crippen molar-refractivity contribution in [3.63, 3.8) is 0 Å². The topological polar surface area (TPSA) is 26.3 Å². The van der Waals surface area contributed by atoms with Gasteiger partial charge in [-0.25, -0.2) is 4.79 Å². The summed E-state index contributed by atoms with van der Waals surface area (Å²) < 4.78 is 5.36. The average molecular weight is 248 g/mol. The Morgan fingerprint density at radius 2 is 1.94 bits per heavy atom. The van der Waals surface area contributed by atoms with E-state index in [9.17, 15) is 4.79 Å². The van der Waals surface area contributed by atoms with Crippen molar-refractivity contribution in [2.75, 3.05) is 27.7 Å². The fourth-order valence-corrected chi connectivity index (χ4v) is 1.64. The lowest BCUT2D eigenvalue weighted by atomic mass is 10.2. The molecule has 0 bridgehead atoms. The molecule has 0 aliphatic rings. The predicted octanol–water partition coefficient (Wildman–Crippen LogP) is 2.34. The van der Waals surface area contributed by atoms with Gasteiger partial charge in [-0.3, -0.25) is 0 Å². The zero-order chi connectivity index (χ0) is 13.6. The second-order valence-electron chi connectivity index (χ2n) is 4.97. The number of benzene rings is 1. The van der Waals surface area contributed by atoms with Gasteiger partial charge in [0.25, 0.3) is 0 Å².